The molecule has 5 heteroatoms. The molecule has 2 rings (SSSR count). The van der Waals surface area contributed by atoms with Crippen molar-refractivity contribution in [3.63, 3.8) is 0 Å². The normalized spacial score (nSPS) is 39.1. The minimum Gasteiger partial charge on any atom is -0.466 e. The first kappa shape index (κ1) is 11.2. The van der Waals surface area contributed by atoms with Crippen LogP contribution in [0, 0.1) is 0 Å². The van der Waals surface area contributed by atoms with Gasteiger partial charge in [-0.3, -0.25) is 4.79 Å². The zero-order valence-electron chi connectivity index (χ0n) is 9.02. The predicted molar refractivity (Wildman–Crippen MR) is 56.5 cm³/mol. The first-order valence-electron chi connectivity index (χ1n) is 5.21. The van der Waals surface area contributed by atoms with Crippen LogP contribution in [-0.4, -0.2) is 35.7 Å². The summed E-state index contributed by atoms with van der Waals surface area (Å²) in [5, 5.41) is 0.430. The van der Waals surface area contributed by atoms with Crippen LogP contribution in [0.25, 0.3) is 0 Å². The highest BCUT2D eigenvalue weighted by Crippen LogP contribution is 2.47. The maximum absolute atomic E-state index is 10.6. The fourth-order valence-corrected chi connectivity index (χ4v) is 3.37. The molecule has 0 amide bonds. The second-order valence-electron chi connectivity index (χ2n) is 3.95. The molecule has 2 heterocycles. The van der Waals surface area contributed by atoms with Gasteiger partial charge in [-0.1, -0.05) is 0 Å². The molecule has 15 heavy (non-hydrogen) atoms. The van der Waals surface area contributed by atoms with E-state index in [0.29, 0.717) is 11.9 Å². The van der Waals surface area contributed by atoms with Crippen molar-refractivity contribution in [1.29, 1.82) is 0 Å². The summed E-state index contributed by atoms with van der Waals surface area (Å²) in [4.78, 5) is 10.6. The summed E-state index contributed by atoms with van der Waals surface area (Å²) in [6.45, 7) is 4.62. The summed E-state index contributed by atoms with van der Waals surface area (Å²) in [6, 6.07) is 0. The number of rotatable bonds is 3. The van der Waals surface area contributed by atoms with Crippen LogP contribution in [0.1, 0.15) is 26.7 Å². The van der Waals surface area contributed by atoms with Crippen LogP contribution >= 0.6 is 11.8 Å². The van der Waals surface area contributed by atoms with Gasteiger partial charge in [0.2, 0.25) is 0 Å². The summed E-state index contributed by atoms with van der Waals surface area (Å²) in [7, 11) is 0. The molecule has 0 N–H and O–H groups in total. The third-order valence-electron chi connectivity index (χ3n) is 2.69. The molecule has 0 saturated carbocycles. The highest BCUT2D eigenvalue weighted by atomic mass is 32.2. The van der Waals surface area contributed by atoms with Gasteiger partial charge in [-0.2, -0.15) is 0 Å². The second-order valence-corrected chi connectivity index (χ2v) is 5.32. The Hall–Kier alpha value is -0.260. The lowest BCUT2D eigenvalue weighted by atomic mass is 10.2. The van der Waals surface area contributed by atoms with E-state index in [2.05, 4.69) is 0 Å². The fourth-order valence-electron chi connectivity index (χ4n) is 1.92. The number of ether oxygens (including phenoxy) is 3. The summed E-state index contributed by atoms with van der Waals surface area (Å²) < 4.78 is 16.3. The Balaban J connectivity index is 1.76. The van der Waals surface area contributed by atoms with Gasteiger partial charge in [0.05, 0.1) is 18.5 Å². The zero-order valence-corrected chi connectivity index (χ0v) is 9.84. The van der Waals surface area contributed by atoms with E-state index < -0.39 is 5.79 Å². The molecule has 0 aromatic carbocycles. The Labute approximate surface area is 93.6 Å². The van der Waals surface area contributed by atoms with Crippen molar-refractivity contribution in [2.75, 3.05) is 13.2 Å². The second kappa shape index (κ2) is 4.31. The number of hydrogen-bond donors (Lipinski definition) is 0. The van der Waals surface area contributed by atoms with Crippen LogP contribution in [-0.2, 0) is 19.0 Å². The first-order valence-corrected chi connectivity index (χ1v) is 6.15. The van der Waals surface area contributed by atoms with Crippen molar-refractivity contribution in [2.24, 2.45) is 0 Å². The molecule has 2 saturated heterocycles. The van der Waals surface area contributed by atoms with Gasteiger partial charge in [0.25, 0.3) is 0 Å². The maximum atomic E-state index is 10.6. The lowest BCUT2D eigenvalue weighted by Gasteiger charge is -2.21. The molecule has 0 radical (unpaired) electrons. The Morgan fingerprint density at radius 3 is 3.13 bits per heavy atom. The molecular formula is C10H16O4S. The number of carbonyl (C=O) groups is 1. The number of fused-ring (bicyclic) bond motifs is 1. The van der Waals surface area contributed by atoms with E-state index >= 15 is 0 Å². The molecule has 0 aliphatic carbocycles. The van der Waals surface area contributed by atoms with Crippen LogP contribution in [0.15, 0.2) is 0 Å². The monoisotopic (exact) mass is 232 g/mol. The van der Waals surface area contributed by atoms with Gasteiger partial charge in [-0.15, -0.1) is 11.8 Å². The van der Waals surface area contributed by atoms with Crippen LogP contribution in [0.4, 0.5) is 0 Å². The van der Waals surface area contributed by atoms with Crippen LogP contribution in [0.5, 0.6) is 0 Å². The molecule has 3 atom stereocenters. The van der Waals surface area contributed by atoms with Gasteiger partial charge in [0, 0.05) is 13.3 Å². The van der Waals surface area contributed by atoms with Crippen LogP contribution in [0.3, 0.4) is 0 Å². The molecule has 2 aliphatic heterocycles. The van der Waals surface area contributed by atoms with E-state index in [4.69, 9.17) is 14.2 Å². The van der Waals surface area contributed by atoms with E-state index in [0.717, 1.165) is 19.4 Å². The third-order valence-corrected chi connectivity index (χ3v) is 4.32. The van der Waals surface area contributed by atoms with Gasteiger partial charge in [-0.05, 0) is 13.3 Å². The van der Waals surface area contributed by atoms with Crippen molar-refractivity contribution >= 4 is 17.7 Å². The maximum Gasteiger partial charge on any atom is 0.302 e. The molecule has 86 valence electrons. The topological polar surface area (TPSA) is 44.8 Å². The lowest BCUT2D eigenvalue weighted by Crippen LogP contribution is -2.32. The number of esters is 1. The Morgan fingerprint density at radius 2 is 2.47 bits per heavy atom. The molecule has 4 nitrogen and oxygen atoms in total. The standard InChI is InChI=1S/C10H16O4S/c1-7(11)12-5-4-9-14-10(2)8(15-9)3-6-13-10/h8-9H,3-6H2,1-2H3. The smallest absolute Gasteiger partial charge is 0.302 e. The van der Waals surface area contributed by atoms with Crippen molar-refractivity contribution in [1.82, 2.24) is 0 Å². The minimum atomic E-state index is -0.411. The zero-order chi connectivity index (χ0) is 10.9. The van der Waals surface area contributed by atoms with E-state index in [9.17, 15) is 4.79 Å². The summed E-state index contributed by atoms with van der Waals surface area (Å²) in [5.74, 6) is -0.647. The van der Waals surface area contributed by atoms with Crippen molar-refractivity contribution in [3.05, 3.63) is 0 Å². The van der Waals surface area contributed by atoms with Gasteiger partial charge in [0.15, 0.2) is 5.79 Å². The van der Waals surface area contributed by atoms with E-state index in [1.165, 1.54) is 6.92 Å². The van der Waals surface area contributed by atoms with Crippen molar-refractivity contribution < 1.29 is 19.0 Å². The predicted octanol–water partition coefficient (Wildman–Crippen LogP) is 1.53. The number of thioether (sulfide) groups is 1. The van der Waals surface area contributed by atoms with Crippen molar-refractivity contribution in [3.8, 4) is 0 Å². The highest BCUT2D eigenvalue weighted by Gasteiger charge is 2.50. The Kier molecular flexibility index (Phi) is 3.23. The Bertz CT molecular complexity index is 258. The average molecular weight is 232 g/mol. The SMILES string of the molecule is CC(=O)OCCC1OC2(C)OCCC2S1. The molecule has 0 bridgehead atoms. The highest BCUT2D eigenvalue weighted by molar-refractivity contribution is 8.00. The third kappa shape index (κ3) is 2.46. The molecular weight excluding hydrogens is 216 g/mol. The van der Waals surface area contributed by atoms with E-state index in [-0.39, 0.29) is 11.4 Å². The van der Waals surface area contributed by atoms with E-state index in [1.807, 2.05) is 6.92 Å². The fraction of sp³-hybridized carbons (Fsp3) is 0.900. The summed E-state index contributed by atoms with van der Waals surface area (Å²) in [6.07, 6.45) is 1.78. The molecule has 0 aromatic heterocycles. The van der Waals surface area contributed by atoms with Gasteiger partial charge in [0.1, 0.15) is 5.44 Å². The van der Waals surface area contributed by atoms with Gasteiger partial charge in [-0.25, -0.2) is 0 Å². The van der Waals surface area contributed by atoms with Crippen LogP contribution in [0.2, 0.25) is 0 Å². The lowest BCUT2D eigenvalue weighted by molar-refractivity contribution is -0.193. The number of carbonyl (C=O) groups excluding carboxylic acids is 1. The molecule has 2 aliphatic rings. The molecule has 0 aromatic rings. The number of hydrogen-bond acceptors (Lipinski definition) is 5. The molecule has 0 spiro atoms. The van der Waals surface area contributed by atoms with Gasteiger partial charge >= 0.3 is 5.97 Å². The largest absolute Gasteiger partial charge is 0.466 e. The average Bonchev–Trinajstić information content (AvgIpc) is 2.58. The quantitative estimate of drug-likeness (QED) is 0.690. The Morgan fingerprint density at radius 1 is 1.67 bits per heavy atom. The van der Waals surface area contributed by atoms with Crippen LogP contribution < -0.4 is 0 Å². The molecule has 3 unspecified atom stereocenters. The van der Waals surface area contributed by atoms with Gasteiger partial charge < -0.3 is 14.2 Å². The summed E-state index contributed by atoms with van der Waals surface area (Å²) in [5.41, 5.74) is 0.0969. The first-order chi connectivity index (χ1) is 7.10. The minimum absolute atomic E-state index is 0.0969. The molecule has 2 fully saturated rings. The summed E-state index contributed by atoms with van der Waals surface area (Å²) >= 11 is 1.79. The van der Waals surface area contributed by atoms with E-state index in [1.54, 1.807) is 11.8 Å². The van der Waals surface area contributed by atoms with Crippen molar-refractivity contribution in [2.45, 2.75) is 43.2 Å².